The molecular weight excluding hydrogens is 204 g/mol. The maximum absolute atomic E-state index is 11.8. The first kappa shape index (κ1) is 12.5. The third-order valence-electron chi connectivity index (χ3n) is 2.22. The second-order valence-corrected chi connectivity index (χ2v) is 4.63. The summed E-state index contributed by atoms with van der Waals surface area (Å²) in [6.45, 7) is 3.63. The number of carbonyl (C=O) groups is 1. The molecule has 0 aliphatic rings. The Labute approximate surface area is 95.7 Å². The van der Waals surface area contributed by atoms with Crippen LogP contribution in [0, 0.1) is 0 Å². The molecule has 0 saturated carbocycles. The van der Waals surface area contributed by atoms with Crippen molar-refractivity contribution < 1.29 is 9.90 Å². The molecular formula is C12H18N2O2. The van der Waals surface area contributed by atoms with Crippen molar-refractivity contribution in [2.45, 2.75) is 25.8 Å². The highest BCUT2D eigenvalue weighted by atomic mass is 16.3. The van der Waals surface area contributed by atoms with Crippen LogP contribution in [0.3, 0.4) is 0 Å². The summed E-state index contributed by atoms with van der Waals surface area (Å²) in [6.07, 6.45) is 0.282. The molecule has 1 amide bonds. The predicted octanol–water partition coefficient (Wildman–Crippen LogP) is 1.48. The Morgan fingerprint density at radius 3 is 2.31 bits per heavy atom. The number of nitrogens with zero attached hydrogens (tertiary/aromatic N) is 1. The van der Waals surface area contributed by atoms with Crippen molar-refractivity contribution >= 4 is 11.6 Å². The Bertz CT molecular complexity index is 366. The third kappa shape index (κ3) is 3.55. The monoisotopic (exact) mass is 222 g/mol. The Morgan fingerprint density at radius 2 is 1.88 bits per heavy atom. The number of phenols is 1. The van der Waals surface area contributed by atoms with Crippen molar-refractivity contribution in [2.24, 2.45) is 5.73 Å². The number of phenolic OH excluding ortho intramolecular Hbond substituents is 1. The highest BCUT2D eigenvalue weighted by Gasteiger charge is 2.20. The molecule has 0 spiro atoms. The van der Waals surface area contributed by atoms with Crippen molar-refractivity contribution in [2.75, 3.05) is 11.9 Å². The molecule has 3 N–H and O–H groups in total. The van der Waals surface area contributed by atoms with Gasteiger partial charge in [-0.1, -0.05) is 0 Å². The zero-order chi connectivity index (χ0) is 12.3. The van der Waals surface area contributed by atoms with Crippen LogP contribution in [0.2, 0.25) is 0 Å². The summed E-state index contributed by atoms with van der Waals surface area (Å²) in [5, 5.41) is 9.14. The molecule has 0 unspecified atom stereocenters. The summed E-state index contributed by atoms with van der Waals surface area (Å²) < 4.78 is 0. The minimum absolute atomic E-state index is 0.0433. The van der Waals surface area contributed by atoms with Gasteiger partial charge in [-0.25, -0.2) is 0 Å². The van der Waals surface area contributed by atoms with Crippen LogP contribution in [-0.4, -0.2) is 23.6 Å². The van der Waals surface area contributed by atoms with Gasteiger partial charge in [-0.05, 0) is 38.1 Å². The van der Waals surface area contributed by atoms with E-state index in [0.717, 1.165) is 5.69 Å². The summed E-state index contributed by atoms with van der Waals surface area (Å²) in [4.78, 5) is 13.4. The van der Waals surface area contributed by atoms with E-state index >= 15 is 0 Å². The van der Waals surface area contributed by atoms with E-state index in [2.05, 4.69) is 0 Å². The zero-order valence-electron chi connectivity index (χ0n) is 9.90. The molecule has 0 fully saturated rings. The molecule has 4 nitrogen and oxygen atoms in total. The van der Waals surface area contributed by atoms with E-state index in [-0.39, 0.29) is 18.1 Å². The molecule has 16 heavy (non-hydrogen) atoms. The van der Waals surface area contributed by atoms with E-state index in [0.29, 0.717) is 0 Å². The van der Waals surface area contributed by atoms with Crippen LogP contribution < -0.4 is 10.6 Å². The van der Waals surface area contributed by atoms with Gasteiger partial charge < -0.3 is 15.7 Å². The predicted molar refractivity (Wildman–Crippen MR) is 64.4 cm³/mol. The number of hydrogen-bond donors (Lipinski definition) is 2. The molecule has 0 bridgehead atoms. The normalized spacial score (nSPS) is 11.2. The van der Waals surface area contributed by atoms with E-state index in [4.69, 9.17) is 10.8 Å². The topological polar surface area (TPSA) is 66.6 Å². The smallest absolute Gasteiger partial charge is 0.228 e. The first-order valence-corrected chi connectivity index (χ1v) is 5.14. The van der Waals surface area contributed by atoms with Crippen LogP contribution in [0.4, 0.5) is 5.69 Å². The maximum atomic E-state index is 11.8. The molecule has 0 radical (unpaired) electrons. The van der Waals surface area contributed by atoms with Crippen LogP contribution >= 0.6 is 0 Å². The summed E-state index contributed by atoms with van der Waals surface area (Å²) in [5.74, 6) is 0.141. The Morgan fingerprint density at radius 1 is 1.38 bits per heavy atom. The van der Waals surface area contributed by atoms with Crippen molar-refractivity contribution in [1.29, 1.82) is 0 Å². The minimum atomic E-state index is -0.512. The van der Waals surface area contributed by atoms with Crippen LogP contribution in [0.15, 0.2) is 24.3 Å². The fraction of sp³-hybridized carbons (Fsp3) is 0.417. The van der Waals surface area contributed by atoms with E-state index in [1.54, 1.807) is 31.3 Å². The molecule has 1 aromatic carbocycles. The zero-order valence-corrected chi connectivity index (χ0v) is 9.90. The van der Waals surface area contributed by atoms with Gasteiger partial charge in [-0.3, -0.25) is 4.79 Å². The van der Waals surface area contributed by atoms with Gasteiger partial charge in [-0.15, -0.1) is 0 Å². The van der Waals surface area contributed by atoms with Crippen LogP contribution in [0.5, 0.6) is 5.75 Å². The molecule has 0 aromatic heterocycles. The van der Waals surface area contributed by atoms with Crippen molar-refractivity contribution in [3.8, 4) is 5.75 Å². The van der Waals surface area contributed by atoms with Crippen molar-refractivity contribution in [3.05, 3.63) is 24.3 Å². The SMILES string of the molecule is CN(C(=O)CC(C)(C)N)c1ccc(O)cc1. The molecule has 88 valence electrons. The quantitative estimate of drug-likeness (QED) is 0.814. The molecule has 1 rings (SSSR count). The number of hydrogen-bond acceptors (Lipinski definition) is 3. The van der Waals surface area contributed by atoms with Crippen LogP contribution in [0.25, 0.3) is 0 Å². The average Bonchev–Trinajstić information content (AvgIpc) is 2.15. The summed E-state index contributed by atoms with van der Waals surface area (Å²) >= 11 is 0. The fourth-order valence-corrected chi connectivity index (χ4v) is 1.33. The lowest BCUT2D eigenvalue weighted by atomic mass is 10.0. The number of aromatic hydroxyl groups is 1. The van der Waals surface area contributed by atoms with Crippen molar-refractivity contribution in [1.82, 2.24) is 0 Å². The summed E-state index contributed by atoms with van der Waals surface area (Å²) in [6, 6.07) is 6.48. The molecule has 0 aliphatic carbocycles. The molecule has 0 saturated heterocycles. The van der Waals surface area contributed by atoms with Gasteiger partial charge in [0.25, 0.3) is 0 Å². The lowest BCUT2D eigenvalue weighted by Gasteiger charge is -2.23. The Kier molecular flexibility index (Phi) is 3.55. The maximum Gasteiger partial charge on any atom is 0.228 e. The van der Waals surface area contributed by atoms with Gasteiger partial charge in [0.2, 0.25) is 5.91 Å². The molecule has 0 atom stereocenters. The van der Waals surface area contributed by atoms with Gasteiger partial charge in [-0.2, -0.15) is 0 Å². The third-order valence-corrected chi connectivity index (χ3v) is 2.22. The Balaban J connectivity index is 2.74. The number of benzene rings is 1. The van der Waals surface area contributed by atoms with Gasteiger partial charge in [0.05, 0.1) is 0 Å². The molecule has 0 heterocycles. The lowest BCUT2D eigenvalue weighted by Crippen LogP contribution is -2.39. The first-order chi connectivity index (χ1) is 7.29. The molecule has 1 aromatic rings. The largest absolute Gasteiger partial charge is 0.508 e. The van der Waals surface area contributed by atoms with Gasteiger partial charge in [0.1, 0.15) is 5.75 Å². The second kappa shape index (κ2) is 4.53. The number of anilines is 1. The van der Waals surface area contributed by atoms with E-state index in [9.17, 15) is 4.79 Å². The van der Waals surface area contributed by atoms with Crippen LogP contribution in [-0.2, 0) is 4.79 Å². The van der Waals surface area contributed by atoms with E-state index < -0.39 is 5.54 Å². The fourth-order valence-electron chi connectivity index (χ4n) is 1.33. The van der Waals surface area contributed by atoms with Crippen molar-refractivity contribution in [3.63, 3.8) is 0 Å². The second-order valence-electron chi connectivity index (χ2n) is 4.63. The highest BCUT2D eigenvalue weighted by Crippen LogP contribution is 2.19. The number of rotatable bonds is 3. The lowest BCUT2D eigenvalue weighted by molar-refractivity contribution is -0.119. The van der Waals surface area contributed by atoms with Crippen LogP contribution in [0.1, 0.15) is 20.3 Å². The molecule has 0 aliphatic heterocycles. The highest BCUT2D eigenvalue weighted by molar-refractivity contribution is 5.93. The summed E-state index contributed by atoms with van der Waals surface area (Å²) in [5.41, 5.74) is 6.02. The summed E-state index contributed by atoms with van der Waals surface area (Å²) in [7, 11) is 1.69. The Hall–Kier alpha value is -1.55. The molecule has 4 heteroatoms. The number of nitrogens with two attached hydrogens (primary N) is 1. The van der Waals surface area contributed by atoms with Gasteiger partial charge in [0, 0.05) is 24.7 Å². The van der Waals surface area contributed by atoms with E-state index in [1.165, 1.54) is 4.90 Å². The number of carbonyl (C=O) groups excluding carboxylic acids is 1. The minimum Gasteiger partial charge on any atom is -0.508 e. The van der Waals surface area contributed by atoms with E-state index in [1.807, 2.05) is 13.8 Å². The number of amides is 1. The average molecular weight is 222 g/mol. The van der Waals surface area contributed by atoms with Gasteiger partial charge >= 0.3 is 0 Å². The first-order valence-electron chi connectivity index (χ1n) is 5.14. The van der Waals surface area contributed by atoms with Gasteiger partial charge in [0.15, 0.2) is 0 Å². The standard InChI is InChI=1S/C12H18N2O2/c1-12(2,13)8-11(16)14(3)9-4-6-10(15)7-5-9/h4-7,15H,8,13H2,1-3H3.